The van der Waals surface area contributed by atoms with Crippen molar-refractivity contribution in [3.05, 3.63) is 0 Å². The van der Waals surface area contributed by atoms with Gasteiger partial charge in [-0.15, -0.1) is 0 Å². The number of esters is 1. The van der Waals surface area contributed by atoms with Crippen LogP contribution in [0.1, 0.15) is 34.6 Å². The van der Waals surface area contributed by atoms with Crippen molar-refractivity contribution in [2.45, 2.75) is 40.2 Å². The Kier molecular flexibility index (Phi) is 2.94. The van der Waals surface area contributed by atoms with Gasteiger partial charge in [-0.25, -0.2) is 14.4 Å². The van der Waals surface area contributed by atoms with Crippen LogP contribution in [0.15, 0.2) is 0 Å². The number of imide groups is 1. The number of cyclic esters (lactones) is 2. The van der Waals surface area contributed by atoms with Crippen molar-refractivity contribution in [1.82, 2.24) is 4.90 Å². The van der Waals surface area contributed by atoms with E-state index in [2.05, 4.69) is 4.74 Å². The molecular weight excluding hydrogens is 226 g/mol. The van der Waals surface area contributed by atoms with E-state index in [0.29, 0.717) is 4.90 Å². The summed E-state index contributed by atoms with van der Waals surface area (Å²) in [4.78, 5) is 35.2. The Hall–Kier alpha value is -1.59. The van der Waals surface area contributed by atoms with Crippen molar-refractivity contribution in [1.29, 1.82) is 0 Å². The highest BCUT2D eigenvalue weighted by molar-refractivity contribution is 6.06. The van der Waals surface area contributed by atoms with Crippen LogP contribution in [0.3, 0.4) is 0 Å². The molecule has 1 N–H and O–H groups in total. The second-order valence-corrected chi connectivity index (χ2v) is 5.44. The Morgan fingerprint density at radius 1 is 1.35 bits per heavy atom. The van der Waals surface area contributed by atoms with Gasteiger partial charge in [-0.05, 0) is 11.3 Å². The lowest BCUT2D eigenvalue weighted by atomic mass is 9.66. The lowest BCUT2D eigenvalue weighted by Crippen LogP contribution is -2.63. The molecule has 0 saturated carbocycles. The molecule has 0 aromatic heterocycles. The van der Waals surface area contributed by atoms with E-state index in [9.17, 15) is 14.4 Å². The van der Waals surface area contributed by atoms with Gasteiger partial charge in [0.1, 0.15) is 0 Å². The second kappa shape index (κ2) is 3.72. The Morgan fingerprint density at radius 3 is 2.06 bits per heavy atom. The van der Waals surface area contributed by atoms with Gasteiger partial charge in [-0.2, -0.15) is 4.90 Å². The van der Waals surface area contributed by atoms with Gasteiger partial charge in [0.15, 0.2) is 5.54 Å². The maximum absolute atomic E-state index is 12.0. The third-order valence-corrected chi connectivity index (χ3v) is 3.20. The van der Waals surface area contributed by atoms with Crippen molar-refractivity contribution in [2.75, 3.05) is 0 Å². The van der Waals surface area contributed by atoms with Crippen LogP contribution < -0.4 is 0 Å². The van der Waals surface area contributed by atoms with Crippen molar-refractivity contribution >= 4 is 18.2 Å². The van der Waals surface area contributed by atoms with Crippen molar-refractivity contribution < 1.29 is 24.2 Å². The Bertz CT molecular complexity index is 382. The summed E-state index contributed by atoms with van der Waals surface area (Å²) in [5.41, 5.74) is -2.22. The molecule has 0 aromatic carbocycles. The van der Waals surface area contributed by atoms with Gasteiger partial charge >= 0.3 is 18.2 Å². The van der Waals surface area contributed by atoms with Crippen LogP contribution in [0.25, 0.3) is 0 Å². The predicted molar refractivity (Wildman–Crippen MR) is 58.4 cm³/mol. The minimum absolute atomic E-state index is 0.377. The van der Waals surface area contributed by atoms with Crippen molar-refractivity contribution in [3.8, 4) is 0 Å². The van der Waals surface area contributed by atoms with Gasteiger partial charge in [-0.1, -0.05) is 34.6 Å². The molecule has 6 heteroatoms. The summed E-state index contributed by atoms with van der Waals surface area (Å²) in [6.45, 7) is 8.52. The molecule has 1 aliphatic rings. The minimum atomic E-state index is -1.48. The fourth-order valence-electron chi connectivity index (χ4n) is 2.67. The maximum atomic E-state index is 12.0. The average molecular weight is 243 g/mol. The molecule has 1 heterocycles. The summed E-state index contributed by atoms with van der Waals surface area (Å²) in [6, 6.07) is 0. The van der Waals surface area contributed by atoms with Crippen LogP contribution in [-0.2, 0) is 9.53 Å². The molecule has 0 aliphatic carbocycles. The van der Waals surface area contributed by atoms with Gasteiger partial charge in [0.05, 0.1) is 0 Å². The average Bonchev–Trinajstić information content (AvgIpc) is 2.35. The van der Waals surface area contributed by atoms with Crippen molar-refractivity contribution in [2.24, 2.45) is 11.3 Å². The predicted octanol–water partition coefficient (Wildman–Crippen LogP) is 2.08. The molecule has 0 aromatic rings. The van der Waals surface area contributed by atoms with Gasteiger partial charge in [0.25, 0.3) is 0 Å². The van der Waals surface area contributed by atoms with Crippen LogP contribution in [0.5, 0.6) is 0 Å². The monoisotopic (exact) mass is 243 g/mol. The SMILES string of the molecule is CC(C)[C@]1(C(C)(C)C)C(=O)OC(=O)N1C(=O)O. The maximum Gasteiger partial charge on any atom is 0.428 e. The smallest absolute Gasteiger partial charge is 0.428 e. The molecule has 0 bridgehead atoms. The third kappa shape index (κ3) is 1.59. The van der Waals surface area contributed by atoms with E-state index in [-0.39, 0.29) is 5.92 Å². The van der Waals surface area contributed by atoms with Crippen LogP contribution in [0.4, 0.5) is 9.59 Å². The van der Waals surface area contributed by atoms with E-state index >= 15 is 0 Å². The molecule has 0 spiro atoms. The first-order valence-corrected chi connectivity index (χ1v) is 5.36. The Labute approximate surface area is 99.5 Å². The number of carbonyl (C=O) groups is 3. The summed E-state index contributed by atoms with van der Waals surface area (Å²) in [5.74, 6) is -1.18. The number of ether oxygens (including phenoxy) is 1. The zero-order chi connectivity index (χ0) is 13.6. The van der Waals surface area contributed by atoms with Crippen LogP contribution in [0, 0.1) is 11.3 Å². The summed E-state index contributed by atoms with van der Waals surface area (Å²) in [5, 5.41) is 9.12. The van der Waals surface area contributed by atoms with E-state index in [0.717, 1.165) is 0 Å². The highest BCUT2D eigenvalue weighted by Gasteiger charge is 2.66. The number of hydrogen-bond donors (Lipinski definition) is 1. The van der Waals surface area contributed by atoms with Crippen LogP contribution in [0.2, 0.25) is 0 Å². The molecule has 0 unspecified atom stereocenters. The molecule has 1 atom stereocenters. The van der Waals surface area contributed by atoms with Gasteiger partial charge < -0.3 is 9.84 Å². The van der Waals surface area contributed by atoms with E-state index in [1.807, 2.05) is 0 Å². The fourth-order valence-corrected chi connectivity index (χ4v) is 2.67. The Balaban J connectivity index is 3.51. The standard InChI is InChI=1S/C11H17NO5/c1-6(2)11(10(3,4)5)7(13)17-9(16)12(11)8(14)15/h6H,1-5H3,(H,14,15)/t11-/m1/s1. The fraction of sp³-hybridized carbons (Fsp3) is 0.727. The third-order valence-electron chi connectivity index (χ3n) is 3.20. The highest BCUT2D eigenvalue weighted by Crippen LogP contribution is 2.46. The lowest BCUT2D eigenvalue weighted by molar-refractivity contribution is -0.148. The zero-order valence-electron chi connectivity index (χ0n) is 10.6. The molecule has 1 rings (SSSR count). The van der Waals surface area contributed by atoms with E-state index in [4.69, 9.17) is 5.11 Å². The largest absolute Gasteiger partial charge is 0.464 e. The van der Waals surface area contributed by atoms with Gasteiger partial charge in [0, 0.05) is 0 Å². The normalized spacial score (nSPS) is 25.4. The first-order valence-electron chi connectivity index (χ1n) is 5.36. The van der Waals surface area contributed by atoms with Crippen molar-refractivity contribution in [3.63, 3.8) is 0 Å². The summed E-state index contributed by atoms with van der Waals surface area (Å²) in [7, 11) is 0. The first-order chi connectivity index (χ1) is 7.56. The van der Waals surface area contributed by atoms with Gasteiger partial charge in [0.2, 0.25) is 0 Å². The molecule has 0 radical (unpaired) electrons. The number of amides is 2. The molecule has 6 nitrogen and oxygen atoms in total. The zero-order valence-corrected chi connectivity index (χ0v) is 10.6. The number of rotatable bonds is 1. The summed E-state index contributed by atoms with van der Waals surface area (Å²) < 4.78 is 4.51. The molecule has 1 aliphatic heterocycles. The van der Waals surface area contributed by atoms with Gasteiger partial charge in [-0.3, -0.25) is 0 Å². The van der Waals surface area contributed by atoms with E-state index in [1.54, 1.807) is 34.6 Å². The summed E-state index contributed by atoms with van der Waals surface area (Å²) >= 11 is 0. The number of carbonyl (C=O) groups excluding carboxylic acids is 2. The molecule has 1 saturated heterocycles. The highest BCUT2D eigenvalue weighted by atomic mass is 16.6. The molecule has 17 heavy (non-hydrogen) atoms. The Morgan fingerprint density at radius 2 is 1.82 bits per heavy atom. The van der Waals surface area contributed by atoms with Crippen LogP contribution >= 0.6 is 0 Å². The number of nitrogens with zero attached hydrogens (tertiary/aromatic N) is 1. The molecule has 1 fully saturated rings. The summed E-state index contributed by atoms with van der Waals surface area (Å²) in [6.07, 6.45) is -2.59. The molecule has 96 valence electrons. The quantitative estimate of drug-likeness (QED) is 0.563. The van der Waals surface area contributed by atoms with E-state index < -0.39 is 29.1 Å². The topological polar surface area (TPSA) is 83.9 Å². The van der Waals surface area contributed by atoms with Crippen LogP contribution in [-0.4, -0.2) is 33.7 Å². The second-order valence-electron chi connectivity index (χ2n) is 5.44. The van der Waals surface area contributed by atoms with E-state index in [1.165, 1.54) is 0 Å². The molecular formula is C11H17NO5. The first kappa shape index (κ1) is 13.5. The number of hydrogen-bond acceptors (Lipinski definition) is 4. The minimum Gasteiger partial charge on any atom is -0.464 e. The molecule has 2 amide bonds. The lowest BCUT2D eigenvalue weighted by Gasteiger charge is -2.44. The number of carboxylic acid groups (broad SMARTS) is 1.